The van der Waals surface area contributed by atoms with Crippen molar-refractivity contribution in [2.24, 2.45) is 0 Å². The molecule has 2 aromatic rings. The molecule has 1 amide bonds. The standard InChI is InChI=1S/C21H26N2O3/c1-15-4-9-20(14-16(15)2)26-17(3)21(24)22-18-5-7-19(8-6-18)23-10-12-25-13-11-23/h4-9,14,17H,10-13H2,1-3H3,(H,22,24)/t17-/m0/s1. The number of nitrogens with one attached hydrogen (secondary N) is 1. The quantitative estimate of drug-likeness (QED) is 0.892. The molecule has 5 heteroatoms. The van der Waals surface area contributed by atoms with E-state index in [2.05, 4.69) is 17.1 Å². The van der Waals surface area contributed by atoms with Crippen molar-refractivity contribution in [2.45, 2.75) is 26.9 Å². The molecule has 0 aliphatic carbocycles. The molecule has 1 aliphatic rings. The first-order valence-electron chi connectivity index (χ1n) is 9.00. The average Bonchev–Trinajstić information content (AvgIpc) is 2.66. The van der Waals surface area contributed by atoms with Gasteiger partial charge in [-0.15, -0.1) is 0 Å². The predicted octanol–water partition coefficient (Wildman–Crippen LogP) is 3.55. The van der Waals surface area contributed by atoms with Crippen LogP contribution in [0.25, 0.3) is 0 Å². The molecule has 0 radical (unpaired) electrons. The monoisotopic (exact) mass is 354 g/mol. The molecule has 0 saturated carbocycles. The summed E-state index contributed by atoms with van der Waals surface area (Å²) in [6.07, 6.45) is -0.573. The number of hydrogen-bond donors (Lipinski definition) is 1. The molecule has 1 atom stereocenters. The van der Waals surface area contributed by atoms with E-state index in [4.69, 9.17) is 9.47 Å². The summed E-state index contributed by atoms with van der Waals surface area (Å²) < 4.78 is 11.1. The molecule has 1 saturated heterocycles. The van der Waals surface area contributed by atoms with Crippen molar-refractivity contribution in [3.05, 3.63) is 53.6 Å². The van der Waals surface area contributed by atoms with E-state index in [1.807, 2.05) is 49.4 Å². The van der Waals surface area contributed by atoms with Crippen LogP contribution in [0.4, 0.5) is 11.4 Å². The van der Waals surface area contributed by atoms with Crippen LogP contribution >= 0.6 is 0 Å². The van der Waals surface area contributed by atoms with Crippen LogP contribution in [0.3, 0.4) is 0 Å². The van der Waals surface area contributed by atoms with Crippen LogP contribution in [-0.4, -0.2) is 38.3 Å². The van der Waals surface area contributed by atoms with E-state index >= 15 is 0 Å². The van der Waals surface area contributed by atoms with Crippen LogP contribution in [0.15, 0.2) is 42.5 Å². The van der Waals surface area contributed by atoms with Gasteiger partial charge in [0.1, 0.15) is 5.75 Å². The van der Waals surface area contributed by atoms with E-state index in [0.717, 1.165) is 43.2 Å². The lowest BCUT2D eigenvalue weighted by atomic mass is 10.1. The summed E-state index contributed by atoms with van der Waals surface area (Å²) in [6.45, 7) is 9.14. The number of rotatable bonds is 5. The van der Waals surface area contributed by atoms with Crippen LogP contribution in [0, 0.1) is 13.8 Å². The third-order valence-corrected chi connectivity index (χ3v) is 4.67. The molecule has 2 aromatic carbocycles. The summed E-state index contributed by atoms with van der Waals surface area (Å²) in [6, 6.07) is 13.7. The van der Waals surface area contributed by atoms with Gasteiger partial charge in [-0.25, -0.2) is 0 Å². The second-order valence-corrected chi connectivity index (χ2v) is 6.64. The highest BCUT2D eigenvalue weighted by Gasteiger charge is 2.16. The van der Waals surface area contributed by atoms with E-state index in [1.165, 1.54) is 5.56 Å². The molecule has 0 unspecified atom stereocenters. The van der Waals surface area contributed by atoms with Gasteiger partial charge < -0.3 is 19.7 Å². The van der Waals surface area contributed by atoms with Crippen LogP contribution in [0.2, 0.25) is 0 Å². The summed E-state index contributed by atoms with van der Waals surface area (Å²) in [5.74, 6) is 0.542. The molecule has 3 rings (SSSR count). The number of carbonyl (C=O) groups is 1. The highest BCUT2D eigenvalue weighted by Crippen LogP contribution is 2.20. The number of hydrogen-bond acceptors (Lipinski definition) is 4. The number of carbonyl (C=O) groups excluding carboxylic acids is 1. The number of nitrogens with zero attached hydrogens (tertiary/aromatic N) is 1. The van der Waals surface area contributed by atoms with E-state index < -0.39 is 6.10 Å². The smallest absolute Gasteiger partial charge is 0.265 e. The van der Waals surface area contributed by atoms with Gasteiger partial charge in [-0.2, -0.15) is 0 Å². The van der Waals surface area contributed by atoms with Gasteiger partial charge in [0, 0.05) is 24.5 Å². The molecule has 1 fully saturated rings. The minimum Gasteiger partial charge on any atom is -0.481 e. The number of benzene rings is 2. The first kappa shape index (κ1) is 18.3. The lowest BCUT2D eigenvalue weighted by molar-refractivity contribution is -0.122. The predicted molar refractivity (Wildman–Crippen MR) is 104 cm³/mol. The van der Waals surface area contributed by atoms with Crippen molar-refractivity contribution >= 4 is 17.3 Å². The summed E-state index contributed by atoms with van der Waals surface area (Å²) in [5, 5.41) is 2.91. The maximum Gasteiger partial charge on any atom is 0.265 e. The van der Waals surface area contributed by atoms with Crippen molar-refractivity contribution < 1.29 is 14.3 Å². The van der Waals surface area contributed by atoms with Crippen LogP contribution < -0.4 is 15.0 Å². The molecule has 0 aromatic heterocycles. The number of morpholine rings is 1. The Labute approximate surface area is 154 Å². The second-order valence-electron chi connectivity index (χ2n) is 6.64. The summed E-state index contributed by atoms with van der Waals surface area (Å²) in [5.41, 5.74) is 4.26. The number of aryl methyl sites for hydroxylation is 2. The Hall–Kier alpha value is -2.53. The van der Waals surface area contributed by atoms with Crippen LogP contribution in [0.1, 0.15) is 18.1 Å². The highest BCUT2D eigenvalue weighted by atomic mass is 16.5. The Bertz CT molecular complexity index is 752. The molecule has 0 bridgehead atoms. The fourth-order valence-corrected chi connectivity index (χ4v) is 2.87. The normalized spacial score (nSPS) is 15.4. The zero-order chi connectivity index (χ0) is 18.5. The van der Waals surface area contributed by atoms with Crippen molar-refractivity contribution in [1.82, 2.24) is 0 Å². The molecule has 138 valence electrons. The Morgan fingerprint density at radius 3 is 2.42 bits per heavy atom. The maximum absolute atomic E-state index is 12.4. The number of ether oxygens (including phenoxy) is 2. The van der Waals surface area contributed by atoms with Gasteiger partial charge in [-0.1, -0.05) is 6.07 Å². The minimum absolute atomic E-state index is 0.164. The third kappa shape index (κ3) is 4.55. The largest absolute Gasteiger partial charge is 0.481 e. The topological polar surface area (TPSA) is 50.8 Å². The van der Waals surface area contributed by atoms with Gasteiger partial charge in [-0.05, 0) is 68.3 Å². The van der Waals surface area contributed by atoms with Crippen LogP contribution in [0.5, 0.6) is 5.75 Å². The van der Waals surface area contributed by atoms with E-state index in [1.54, 1.807) is 6.92 Å². The lowest BCUT2D eigenvalue weighted by Gasteiger charge is -2.29. The van der Waals surface area contributed by atoms with Crippen molar-refractivity contribution in [3.63, 3.8) is 0 Å². The fraction of sp³-hybridized carbons (Fsp3) is 0.381. The molecular formula is C21H26N2O3. The van der Waals surface area contributed by atoms with Gasteiger partial charge in [0.05, 0.1) is 13.2 Å². The van der Waals surface area contributed by atoms with E-state index in [9.17, 15) is 4.79 Å². The van der Waals surface area contributed by atoms with Gasteiger partial charge in [0.2, 0.25) is 0 Å². The molecule has 26 heavy (non-hydrogen) atoms. The van der Waals surface area contributed by atoms with Crippen molar-refractivity contribution in [3.8, 4) is 5.75 Å². The van der Waals surface area contributed by atoms with Crippen LogP contribution in [-0.2, 0) is 9.53 Å². The average molecular weight is 354 g/mol. The summed E-state index contributed by atoms with van der Waals surface area (Å²) in [7, 11) is 0. The van der Waals surface area contributed by atoms with E-state index in [-0.39, 0.29) is 5.91 Å². The number of amides is 1. The number of anilines is 2. The molecule has 1 N–H and O–H groups in total. The molecule has 5 nitrogen and oxygen atoms in total. The van der Waals surface area contributed by atoms with Gasteiger partial charge >= 0.3 is 0 Å². The third-order valence-electron chi connectivity index (χ3n) is 4.67. The molecule has 1 aliphatic heterocycles. The highest BCUT2D eigenvalue weighted by molar-refractivity contribution is 5.94. The minimum atomic E-state index is -0.573. The zero-order valence-electron chi connectivity index (χ0n) is 15.6. The summed E-state index contributed by atoms with van der Waals surface area (Å²) >= 11 is 0. The molecule has 1 heterocycles. The Kier molecular flexibility index (Phi) is 5.78. The Balaban J connectivity index is 1.57. The van der Waals surface area contributed by atoms with Gasteiger partial charge in [0.25, 0.3) is 5.91 Å². The Morgan fingerprint density at radius 1 is 1.08 bits per heavy atom. The summed E-state index contributed by atoms with van der Waals surface area (Å²) in [4.78, 5) is 14.7. The lowest BCUT2D eigenvalue weighted by Crippen LogP contribution is -2.36. The maximum atomic E-state index is 12.4. The second kappa shape index (κ2) is 8.23. The first-order valence-corrected chi connectivity index (χ1v) is 9.00. The Morgan fingerprint density at radius 2 is 1.77 bits per heavy atom. The SMILES string of the molecule is Cc1ccc(O[C@@H](C)C(=O)Nc2ccc(N3CCOCC3)cc2)cc1C. The van der Waals surface area contributed by atoms with Crippen molar-refractivity contribution in [2.75, 3.05) is 36.5 Å². The van der Waals surface area contributed by atoms with Gasteiger partial charge in [-0.3, -0.25) is 4.79 Å². The zero-order valence-corrected chi connectivity index (χ0v) is 15.6. The van der Waals surface area contributed by atoms with Crippen molar-refractivity contribution in [1.29, 1.82) is 0 Å². The van der Waals surface area contributed by atoms with E-state index in [0.29, 0.717) is 5.75 Å². The fourth-order valence-electron chi connectivity index (χ4n) is 2.87. The van der Waals surface area contributed by atoms with Gasteiger partial charge in [0.15, 0.2) is 6.10 Å². The molecular weight excluding hydrogens is 328 g/mol. The molecule has 0 spiro atoms. The first-order chi connectivity index (χ1) is 12.5.